The predicted molar refractivity (Wildman–Crippen MR) is 113 cm³/mol. The lowest BCUT2D eigenvalue weighted by atomic mass is 10.1. The Morgan fingerprint density at radius 3 is 2.43 bits per heavy atom. The highest BCUT2D eigenvalue weighted by atomic mass is 35.5. The number of carbonyl (C=O) groups is 2. The normalized spacial score (nSPS) is 12.0. The molecule has 0 radical (unpaired) electrons. The lowest BCUT2D eigenvalue weighted by Crippen LogP contribution is -2.34. The summed E-state index contributed by atoms with van der Waals surface area (Å²) in [6.45, 7) is 6.73. The van der Waals surface area contributed by atoms with E-state index in [0.717, 1.165) is 11.3 Å². The Bertz CT molecular complexity index is 801. The molecule has 1 heterocycles. The van der Waals surface area contributed by atoms with Crippen molar-refractivity contribution in [2.24, 2.45) is 5.92 Å². The smallest absolute Gasteiger partial charge is 0.289 e. The van der Waals surface area contributed by atoms with E-state index in [9.17, 15) is 9.59 Å². The summed E-state index contributed by atoms with van der Waals surface area (Å²) in [5, 5.41) is 2.18. The molecular weight excluding hydrogens is 378 g/mol. The highest BCUT2D eigenvalue weighted by Crippen LogP contribution is 2.26. The van der Waals surface area contributed by atoms with Gasteiger partial charge in [0.25, 0.3) is 5.91 Å². The maximum Gasteiger partial charge on any atom is 0.289 e. The molecule has 28 heavy (non-hydrogen) atoms. The molecule has 0 aliphatic carbocycles. The third kappa shape index (κ3) is 5.76. The molecule has 0 bridgehead atoms. The van der Waals surface area contributed by atoms with Gasteiger partial charge in [-0.3, -0.25) is 9.59 Å². The van der Waals surface area contributed by atoms with Crippen LogP contribution < -0.4 is 10.2 Å². The van der Waals surface area contributed by atoms with Crippen molar-refractivity contribution in [3.05, 3.63) is 47.9 Å². The van der Waals surface area contributed by atoms with Gasteiger partial charge in [-0.05, 0) is 48.7 Å². The first-order valence-electron chi connectivity index (χ1n) is 9.27. The van der Waals surface area contributed by atoms with Crippen molar-refractivity contribution in [3.63, 3.8) is 0 Å². The fraction of sp³-hybridized carbons (Fsp3) is 0.429. The van der Waals surface area contributed by atoms with Crippen molar-refractivity contribution in [2.75, 3.05) is 30.9 Å². The average Bonchev–Trinajstić information content (AvgIpc) is 3.14. The second-order valence-corrected chi connectivity index (χ2v) is 8.05. The topological polar surface area (TPSA) is 65.8 Å². The first kappa shape index (κ1) is 21.8. The van der Waals surface area contributed by atoms with Crippen LogP contribution in [0.25, 0.3) is 0 Å². The lowest BCUT2D eigenvalue weighted by molar-refractivity contribution is -0.115. The molecule has 1 atom stereocenters. The molecule has 1 N–H and O–H groups in total. The molecule has 0 spiro atoms. The Kier molecular flexibility index (Phi) is 7.52. The first-order valence-corrected chi connectivity index (χ1v) is 9.70. The molecule has 2 amide bonds. The predicted octanol–water partition coefficient (Wildman–Crippen LogP) is 4.21. The number of amides is 2. The molecule has 2 rings (SSSR count). The molecule has 1 aromatic heterocycles. The Hall–Kier alpha value is -2.47. The van der Waals surface area contributed by atoms with Gasteiger partial charge in [-0.2, -0.15) is 0 Å². The fourth-order valence-corrected chi connectivity index (χ4v) is 2.94. The zero-order valence-electron chi connectivity index (χ0n) is 17.0. The second-order valence-electron chi connectivity index (χ2n) is 7.40. The van der Waals surface area contributed by atoms with Gasteiger partial charge in [0.1, 0.15) is 5.38 Å². The Morgan fingerprint density at radius 2 is 1.89 bits per heavy atom. The van der Waals surface area contributed by atoms with E-state index < -0.39 is 5.38 Å². The van der Waals surface area contributed by atoms with Gasteiger partial charge in [-0.15, -0.1) is 11.6 Å². The number of nitrogens with one attached hydrogen (secondary N) is 1. The molecular formula is C21H28ClN3O3. The maximum absolute atomic E-state index is 12.9. The van der Waals surface area contributed by atoms with Crippen LogP contribution in [0.5, 0.6) is 0 Å². The molecule has 0 saturated heterocycles. The number of halogens is 1. The maximum atomic E-state index is 12.9. The SMILES string of the molecule is CC(C)CN(Cc1cc(NC(=O)[C@@H](C)Cl)ccc1N(C)C)C(=O)c1ccco1. The molecule has 6 nitrogen and oxygen atoms in total. The first-order chi connectivity index (χ1) is 13.2. The molecule has 0 aliphatic rings. The minimum atomic E-state index is -0.630. The van der Waals surface area contributed by atoms with E-state index in [1.54, 1.807) is 24.0 Å². The summed E-state index contributed by atoms with van der Waals surface area (Å²) in [5.74, 6) is 0.178. The van der Waals surface area contributed by atoms with Gasteiger partial charge in [0.15, 0.2) is 5.76 Å². The summed E-state index contributed by atoms with van der Waals surface area (Å²) in [4.78, 5) is 28.6. The minimum absolute atomic E-state index is 0.160. The molecule has 7 heteroatoms. The number of hydrogen-bond acceptors (Lipinski definition) is 4. The van der Waals surface area contributed by atoms with E-state index in [0.29, 0.717) is 30.5 Å². The number of carbonyl (C=O) groups excluding carboxylic acids is 2. The van der Waals surface area contributed by atoms with Gasteiger partial charge in [-0.1, -0.05) is 13.8 Å². The van der Waals surface area contributed by atoms with Crippen molar-refractivity contribution in [2.45, 2.75) is 32.7 Å². The van der Waals surface area contributed by atoms with Crippen LogP contribution in [0, 0.1) is 5.92 Å². The van der Waals surface area contributed by atoms with Gasteiger partial charge in [0.05, 0.1) is 6.26 Å². The minimum Gasteiger partial charge on any atom is -0.459 e. The van der Waals surface area contributed by atoms with Crippen LogP contribution >= 0.6 is 11.6 Å². The number of benzene rings is 1. The van der Waals surface area contributed by atoms with Crippen LogP contribution in [-0.2, 0) is 11.3 Å². The zero-order valence-corrected chi connectivity index (χ0v) is 17.8. The third-order valence-corrected chi connectivity index (χ3v) is 4.35. The molecule has 152 valence electrons. The number of furan rings is 1. The van der Waals surface area contributed by atoms with E-state index in [1.807, 2.05) is 37.2 Å². The van der Waals surface area contributed by atoms with Gasteiger partial charge in [-0.25, -0.2) is 0 Å². The number of anilines is 2. The van der Waals surface area contributed by atoms with E-state index in [1.165, 1.54) is 6.26 Å². The monoisotopic (exact) mass is 405 g/mol. The Morgan fingerprint density at radius 1 is 1.18 bits per heavy atom. The van der Waals surface area contributed by atoms with E-state index in [2.05, 4.69) is 19.2 Å². The number of rotatable bonds is 8. The van der Waals surface area contributed by atoms with Crippen LogP contribution in [0.1, 0.15) is 36.9 Å². The van der Waals surface area contributed by atoms with Gasteiger partial charge < -0.3 is 19.5 Å². The standard InChI is InChI=1S/C21H28ClN3O3/c1-14(2)12-25(21(27)19-7-6-10-28-19)13-16-11-17(23-20(26)15(3)22)8-9-18(16)24(4)5/h6-11,14-15H,12-13H2,1-5H3,(H,23,26)/t15-/m1/s1. The van der Waals surface area contributed by atoms with Crippen LogP contribution in [-0.4, -0.2) is 42.7 Å². The van der Waals surface area contributed by atoms with E-state index in [-0.39, 0.29) is 11.8 Å². The van der Waals surface area contributed by atoms with E-state index >= 15 is 0 Å². The second kappa shape index (κ2) is 9.64. The molecule has 2 aromatic rings. The van der Waals surface area contributed by atoms with Crippen molar-refractivity contribution in [1.82, 2.24) is 4.90 Å². The van der Waals surface area contributed by atoms with Gasteiger partial charge >= 0.3 is 0 Å². The van der Waals surface area contributed by atoms with Crippen molar-refractivity contribution < 1.29 is 14.0 Å². The Labute approximate surface area is 171 Å². The fourth-order valence-electron chi connectivity index (χ4n) is 2.89. The third-order valence-electron chi connectivity index (χ3n) is 4.16. The number of hydrogen-bond donors (Lipinski definition) is 1. The molecule has 0 unspecified atom stereocenters. The molecule has 0 saturated carbocycles. The summed E-state index contributed by atoms with van der Waals surface area (Å²) in [6.07, 6.45) is 1.50. The van der Waals surface area contributed by atoms with Crippen LogP contribution in [0.4, 0.5) is 11.4 Å². The van der Waals surface area contributed by atoms with Crippen LogP contribution in [0.2, 0.25) is 0 Å². The molecule has 0 fully saturated rings. The highest BCUT2D eigenvalue weighted by Gasteiger charge is 2.21. The summed E-state index contributed by atoms with van der Waals surface area (Å²) >= 11 is 5.86. The quantitative estimate of drug-likeness (QED) is 0.668. The lowest BCUT2D eigenvalue weighted by Gasteiger charge is -2.27. The van der Waals surface area contributed by atoms with Crippen molar-refractivity contribution in [1.29, 1.82) is 0 Å². The van der Waals surface area contributed by atoms with E-state index in [4.69, 9.17) is 16.0 Å². The largest absolute Gasteiger partial charge is 0.459 e. The highest BCUT2D eigenvalue weighted by molar-refractivity contribution is 6.32. The summed E-state index contributed by atoms with van der Waals surface area (Å²) in [7, 11) is 3.89. The summed E-state index contributed by atoms with van der Waals surface area (Å²) < 4.78 is 5.30. The van der Waals surface area contributed by atoms with Crippen LogP contribution in [0.15, 0.2) is 41.0 Å². The molecule has 1 aromatic carbocycles. The Balaban J connectivity index is 2.35. The van der Waals surface area contributed by atoms with Crippen LogP contribution in [0.3, 0.4) is 0 Å². The summed E-state index contributed by atoms with van der Waals surface area (Å²) in [6, 6.07) is 9.01. The van der Waals surface area contributed by atoms with Gasteiger partial charge in [0, 0.05) is 38.6 Å². The van der Waals surface area contributed by atoms with Crippen molar-refractivity contribution >= 4 is 34.8 Å². The molecule has 0 aliphatic heterocycles. The average molecular weight is 406 g/mol. The van der Waals surface area contributed by atoms with Gasteiger partial charge in [0.2, 0.25) is 5.91 Å². The zero-order chi connectivity index (χ0) is 20.8. The summed E-state index contributed by atoms with van der Waals surface area (Å²) in [5.41, 5.74) is 2.54. The van der Waals surface area contributed by atoms with Crippen molar-refractivity contribution in [3.8, 4) is 0 Å². The number of alkyl halides is 1. The number of nitrogens with zero attached hydrogens (tertiary/aromatic N) is 2.